The molecule has 1 unspecified atom stereocenters. The van der Waals surface area contributed by atoms with Crippen molar-refractivity contribution in [1.82, 2.24) is 4.90 Å². The van der Waals surface area contributed by atoms with E-state index in [9.17, 15) is 4.79 Å². The van der Waals surface area contributed by atoms with Crippen LogP contribution in [0.2, 0.25) is 0 Å². The normalized spacial score (nSPS) is 22.8. The molecule has 0 aromatic heterocycles. The Kier molecular flexibility index (Phi) is 3.71. The molecule has 1 saturated heterocycles. The number of nitrogens with zero attached hydrogens (tertiary/aromatic N) is 1. The van der Waals surface area contributed by atoms with Crippen LogP contribution in [0.5, 0.6) is 0 Å². The largest absolute Gasteiger partial charge is 0.336 e. The van der Waals surface area contributed by atoms with E-state index in [1.54, 1.807) is 0 Å². The smallest absolute Gasteiger partial charge is 0.227 e. The van der Waals surface area contributed by atoms with E-state index in [0.717, 1.165) is 18.4 Å². The van der Waals surface area contributed by atoms with Gasteiger partial charge in [0.15, 0.2) is 0 Å². The number of piperidine rings is 1. The van der Waals surface area contributed by atoms with Crippen molar-refractivity contribution in [2.45, 2.75) is 44.7 Å². The molecule has 0 bridgehead atoms. The molecule has 1 heterocycles. The van der Waals surface area contributed by atoms with E-state index in [2.05, 4.69) is 13.8 Å². The third-order valence-corrected chi connectivity index (χ3v) is 3.77. The van der Waals surface area contributed by atoms with Crippen LogP contribution in [0.3, 0.4) is 0 Å². The highest BCUT2D eigenvalue weighted by molar-refractivity contribution is 5.79. The van der Waals surface area contributed by atoms with Crippen molar-refractivity contribution in [3.05, 3.63) is 35.9 Å². The Morgan fingerprint density at radius 2 is 2.06 bits per heavy atom. The van der Waals surface area contributed by atoms with Gasteiger partial charge in [0.2, 0.25) is 5.91 Å². The van der Waals surface area contributed by atoms with Gasteiger partial charge in [0, 0.05) is 18.1 Å². The summed E-state index contributed by atoms with van der Waals surface area (Å²) in [6, 6.07) is 10.0. The van der Waals surface area contributed by atoms with E-state index in [1.807, 2.05) is 35.2 Å². The summed E-state index contributed by atoms with van der Waals surface area (Å²) in [4.78, 5) is 14.4. The van der Waals surface area contributed by atoms with Crippen molar-refractivity contribution < 1.29 is 4.79 Å². The van der Waals surface area contributed by atoms with Gasteiger partial charge < -0.3 is 10.6 Å². The zero-order valence-corrected chi connectivity index (χ0v) is 11.2. The first-order valence-corrected chi connectivity index (χ1v) is 6.59. The second-order valence-corrected chi connectivity index (χ2v) is 5.78. The molecule has 1 atom stereocenters. The molecule has 1 aromatic carbocycles. The predicted molar refractivity (Wildman–Crippen MR) is 73.1 cm³/mol. The molecule has 1 fully saturated rings. The second-order valence-electron chi connectivity index (χ2n) is 5.78. The van der Waals surface area contributed by atoms with Crippen LogP contribution in [-0.4, -0.2) is 28.9 Å². The lowest BCUT2D eigenvalue weighted by molar-refractivity contribution is -0.138. The third kappa shape index (κ3) is 2.91. The van der Waals surface area contributed by atoms with Crippen LogP contribution < -0.4 is 5.73 Å². The summed E-state index contributed by atoms with van der Waals surface area (Å²) in [5.74, 6) is 0.182. The Morgan fingerprint density at radius 3 is 2.72 bits per heavy atom. The van der Waals surface area contributed by atoms with Crippen molar-refractivity contribution >= 4 is 5.91 Å². The van der Waals surface area contributed by atoms with Gasteiger partial charge >= 0.3 is 0 Å². The maximum Gasteiger partial charge on any atom is 0.227 e. The maximum atomic E-state index is 12.4. The Hall–Kier alpha value is -1.35. The molecule has 3 nitrogen and oxygen atoms in total. The highest BCUT2D eigenvalue weighted by Gasteiger charge is 2.35. The topological polar surface area (TPSA) is 46.3 Å². The Morgan fingerprint density at radius 1 is 1.39 bits per heavy atom. The van der Waals surface area contributed by atoms with E-state index >= 15 is 0 Å². The lowest BCUT2D eigenvalue weighted by Crippen LogP contribution is -2.57. The molecule has 18 heavy (non-hydrogen) atoms. The van der Waals surface area contributed by atoms with Crippen molar-refractivity contribution in [1.29, 1.82) is 0 Å². The molecule has 0 spiro atoms. The molecule has 1 amide bonds. The predicted octanol–water partition coefficient (Wildman–Crippen LogP) is 1.96. The lowest BCUT2D eigenvalue weighted by atomic mass is 9.88. The van der Waals surface area contributed by atoms with E-state index in [4.69, 9.17) is 5.73 Å². The van der Waals surface area contributed by atoms with Crippen LogP contribution in [0.1, 0.15) is 32.3 Å². The summed E-state index contributed by atoms with van der Waals surface area (Å²) in [7, 11) is 0. The first-order valence-electron chi connectivity index (χ1n) is 6.59. The van der Waals surface area contributed by atoms with Crippen LogP contribution in [0.4, 0.5) is 0 Å². The van der Waals surface area contributed by atoms with Gasteiger partial charge in [0.05, 0.1) is 6.42 Å². The van der Waals surface area contributed by atoms with Crippen molar-refractivity contribution in [3.63, 3.8) is 0 Å². The molecule has 2 N–H and O–H groups in total. The first-order chi connectivity index (χ1) is 8.49. The van der Waals surface area contributed by atoms with Gasteiger partial charge in [-0.3, -0.25) is 4.79 Å². The highest BCUT2D eigenvalue weighted by Crippen LogP contribution is 2.27. The fraction of sp³-hybridized carbons (Fsp3) is 0.533. The molecule has 98 valence electrons. The number of carbonyl (C=O) groups is 1. The summed E-state index contributed by atoms with van der Waals surface area (Å²) in [6.07, 6.45) is 2.45. The molecule has 2 rings (SSSR count). The number of carbonyl (C=O) groups excluding carboxylic acids is 1. The SMILES string of the molecule is CC1(C)CCC(N)CN1C(=O)Cc1ccccc1. The third-order valence-electron chi connectivity index (χ3n) is 3.77. The summed E-state index contributed by atoms with van der Waals surface area (Å²) < 4.78 is 0. The van der Waals surface area contributed by atoms with E-state index in [1.165, 1.54) is 0 Å². The van der Waals surface area contributed by atoms with Gasteiger partial charge in [-0.05, 0) is 32.3 Å². The Labute approximate surface area is 109 Å². The minimum absolute atomic E-state index is 0.0677. The van der Waals surface area contributed by atoms with Gasteiger partial charge in [-0.1, -0.05) is 30.3 Å². The quantitative estimate of drug-likeness (QED) is 0.867. The Bertz CT molecular complexity index is 414. The van der Waals surface area contributed by atoms with Crippen LogP contribution in [0.15, 0.2) is 30.3 Å². The zero-order chi connectivity index (χ0) is 13.2. The number of likely N-dealkylation sites (tertiary alicyclic amines) is 1. The molecule has 1 aliphatic rings. The lowest BCUT2D eigenvalue weighted by Gasteiger charge is -2.45. The van der Waals surface area contributed by atoms with Crippen molar-refractivity contribution in [2.75, 3.05) is 6.54 Å². The molecular weight excluding hydrogens is 224 g/mol. The van der Waals surface area contributed by atoms with Crippen LogP contribution in [-0.2, 0) is 11.2 Å². The summed E-state index contributed by atoms with van der Waals surface area (Å²) in [5, 5.41) is 0. The number of hydrogen-bond donors (Lipinski definition) is 1. The first kappa shape index (κ1) is 13.1. The van der Waals surface area contributed by atoms with Crippen molar-refractivity contribution in [3.8, 4) is 0 Å². The number of nitrogens with two attached hydrogens (primary N) is 1. The number of amides is 1. The molecule has 0 aliphatic carbocycles. The summed E-state index contributed by atoms with van der Waals surface area (Å²) in [6.45, 7) is 4.93. The van der Waals surface area contributed by atoms with E-state index < -0.39 is 0 Å². The molecule has 1 aliphatic heterocycles. The number of hydrogen-bond acceptors (Lipinski definition) is 2. The average molecular weight is 246 g/mol. The standard InChI is InChI=1S/C15H22N2O/c1-15(2)9-8-13(16)11-17(15)14(18)10-12-6-4-3-5-7-12/h3-7,13H,8-11,16H2,1-2H3. The van der Waals surface area contributed by atoms with Gasteiger partial charge in [0.1, 0.15) is 0 Å². The highest BCUT2D eigenvalue weighted by atomic mass is 16.2. The van der Waals surface area contributed by atoms with Gasteiger partial charge in [-0.15, -0.1) is 0 Å². The molecular formula is C15H22N2O. The van der Waals surface area contributed by atoms with Crippen LogP contribution >= 0.6 is 0 Å². The van der Waals surface area contributed by atoms with E-state index in [-0.39, 0.29) is 17.5 Å². The second kappa shape index (κ2) is 5.11. The Balaban J connectivity index is 2.07. The van der Waals surface area contributed by atoms with Gasteiger partial charge in [-0.2, -0.15) is 0 Å². The van der Waals surface area contributed by atoms with Gasteiger partial charge in [0.25, 0.3) is 0 Å². The monoisotopic (exact) mass is 246 g/mol. The molecule has 1 aromatic rings. The van der Waals surface area contributed by atoms with Gasteiger partial charge in [-0.25, -0.2) is 0 Å². The van der Waals surface area contributed by atoms with Crippen LogP contribution in [0.25, 0.3) is 0 Å². The maximum absolute atomic E-state index is 12.4. The summed E-state index contributed by atoms with van der Waals surface area (Å²) >= 11 is 0. The fourth-order valence-corrected chi connectivity index (χ4v) is 2.55. The van der Waals surface area contributed by atoms with E-state index in [0.29, 0.717) is 13.0 Å². The van der Waals surface area contributed by atoms with Crippen molar-refractivity contribution in [2.24, 2.45) is 5.73 Å². The average Bonchev–Trinajstić information content (AvgIpc) is 2.33. The minimum atomic E-state index is -0.0677. The minimum Gasteiger partial charge on any atom is -0.336 e. The number of benzene rings is 1. The molecule has 0 radical (unpaired) electrons. The van der Waals surface area contributed by atoms with Crippen LogP contribution in [0, 0.1) is 0 Å². The zero-order valence-electron chi connectivity index (χ0n) is 11.2. The molecule has 0 saturated carbocycles. The fourth-order valence-electron chi connectivity index (χ4n) is 2.55. The summed E-state index contributed by atoms with van der Waals surface area (Å²) in [5.41, 5.74) is 6.98. The number of rotatable bonds is 2. The molecule has 3 heteroatoms.